The molecule has 0 spiro atoms. The number of halogens is 1. The van der Waals surface area contributed by atoms with Crippen LogP contribution in [0, 0.1) is 0 Å². The van der Waals surface area contributed by atoms with E-state index in [9.17, 15) is 9.59 Å². The first-order chi connectivity index (χ1) is 13.1. The third-order valence-corrected chi connectivity index (χ3v) is 3.88. The number of carbonyl (C=O) groups is 2. The first-order valence-corrected chi connectivity index (χ1v) is 8.62. The fraction of sp³-hybridized carbons (Fsp3) is 0.0476. The van der Waals surface area contributed by atoms with Gasteiger partial charge in [0.1, 0.15) is 12.4 Å². The maximum atomic E-state index is 12.0. The highest BCUT2D eigenvalue weighted by Gasteiger charge is 2.14. The number of ether oxygens (including phenoxy) is 1. The van der Waals surface area contributed by atoms with Gasteiger partial charge in [-0.25, -0.2) is 0 Å². The first kappa shape index (κ1) is 18.5. The van der Waals surface area contributed by atoms with Crippen molar-refractivity contribution in [2.75, 3.05) is 10.6 Å². The third-order valence-electron chi connectivity index (χ3n) is 3.65. The molecule has 0 bridgehead atoms. The zero-order valence-corrected chi connectivity index (χ0v) is 15.1. The van der Waals surface area contributed by atoms with Crippen molar-refractivity contribution < 1.29 is 14.3 Å². The van der Waals surface area contributed by atoms with E-state index in [1.54, 1.807) is 48.5 Å². The molecule has 0 fully saturated rings. The van der Waals surface area contributed by atoms with Crippen LogP contribution in [0.2, 0.25) is 5.02 Å². The smallest absolute Gasteiger partial charge is 0.314 e. The van der Waals surface area contributed by atoms with Crippen molar-refractivity contribution in [2.45, 2.75) is 6.61 Å². The molecule has 27 heavy (non-hydrogen) atoms. The van der Waals surface area contributed by atoms with Crippen LogP contribution in [0.15, 0.2) is 78.9 Å². The second-order valence-electron chi connectivity index (χ2n) is 5.72. The second-order valence-corrected chi connectivity index (χ2v) is 6.15. The van der Waals surface area contributed by atoms with E-state index in [0.717, 1.165) is 5.56 Å². The van der Waals surface area contributed by atoms with Gasteiger partial charge in [0.25, 0.3) is 0 Å². The van der Waals surface area contributed by atoms with E-state index in [1.165, 1.54) is 0 Å². The van der Waals surface area contributed by atoms with Crippen molar-refractivity contribution in [3.05, 3.63) is 89.4 Å². The second kappa shape index (κ2) is 8.87. The minimum absolute atomic E-state index is 0.451. The number of hydrogen-bond acceptors (Lipinski definition) is 3. The van der Waals surface area contributed by atoms with Crippen molar-refractivity contribution in [1.82, 2.24) is 0 Å². The average molecular weight is 381 g/mol. The Morgan fingerprint density at radius 3 is 2.11 bits per heavy atom. The van der Waals surface area contributed by atoms with Crippen LogP contribution >= 0.6 is 11.6 Å². The zero-order chi connectivity index (χ0) is 19.1. The molecule has 0 atom stereocenters. The Bertz CT molecular complexity index is 928. The van der Waals surface area contributed by atoms with Crippen LogP contribution in [0.1, 0.15) is 5.56 Å². The molecule has 3 aromatic carbocycles. The van der Waals surface area contributed by atoms with Gasteiger partial charge >= 0.3 is 11.8 Å². The van der Waals surface area contributed by atoms with E-state index in [0.29, 0.717) is 28.8 Å². The summed E-state index contributed by atoms with van der Waals surface area (Å²) in [4.78, 5) is 24.0. The van der Waals surface area contributed by atoms with Crippen molar-refractivity contribution in [3.63, 3.8) is 0 Å². The van der Waals surface area contributed by atoms with Gasteiger partial charge in [0.2, 0.25) is 0 Å². The van der Waals surface area contributed by atoms with Crippen LogP contribution in [0.25, 0.3) is 0 Å². The number of anilines is 2. The number of hydrogen-bond donors (Lipinski definition) is 2. The highest BCUT2D eigenvalue weighted by atomic mass is 35.5. The molecule has 0 aliphatic heterocycles. The lowest BCUT2D eigenvalue weighted by Gasteiger charge is -2.09. The minimum atomic E-state index is -0.776. The summed E-state index contributed by atoms with van der Waals surface area (Å²) in [6, 6.07) is 23.2. The van der Waals surface area contributed by atoms with Crippen LogP contribution < -0.4 is 15.4 Å². The molecule has 0 saturated heterocycles. The Morgan fingerprint density at radius 2 is 1.44 bits per heavy atom. The molecule has 0 unspecified atom stereocenters. The van der Waals surface area contributed by atoms with Gasteiger partial charge < -0.3 is 15.4 Å². The number of carbonyl (C=O) groups excluding carboxylic acids is 2. The summed E-state index contributed by atoms with van der Waals surface area (Å²) in [5, 5.41) is 5.50. The van der Waals surface area contributed by atoms with Crippen LogP contribution in [0.5, 0.6) is 5.75 Å². The van der Waals surface area contributed by atoms with E-state index < -0.39 is 11.8 Å². The summed E-state index contributed by atoms with van der Waals surface area (Å²) >= 11 is 5.85. The van der Waals surface area contributed by atoms with Crippen LogP contribution in [-0.4, -0.2) is 11.8 Å². The topological polar surface area (TPSA) is 67.4 Å². The Labute approximate surface area is 161 Å². The van der Waals surface area contributed by atoms with Crippen LogP contribution in [-0.2, 0) is 16.2 Å². The number of amides is 2. The van der Waals surface area contributed by atoms with Gasteiger partial charge in [-0.1, -0.05) is 48.0 Å². The highest BCUT2D eigenvalue weighted by molar-refractivity contribution is 6.43. The lowest BCUT2D eigenvalue weighted by atomic mass is 10.2. The van der Waals surface area contributed by atoms with Crippen molar-refractivity contribution in [2.24, 2.45) is 0 Å². The predicted octanol–water partition coefficient (Wildman–Crippen LogP) is 4.50. The Morgan fingerprint density at radius 1 is 0.778 bits per heavy atom. The van der Waals surface area contributed by atoms with Gasteiger partial charge in [0.15, 0.2) is 0 Å². The first-order valence-electron chi connectivity index (χ1n) is 8.25. The molecule has 0 heterocycles. The molecule has 0 aliphatic rings. The molecule has 0 saturated carbocycles. The molecule has 3 rings (SSSR count). The molecule has 0 radical (unpaired) electrons. The largest absolute Gasteiger partial charge is 0.489 e. The Balaban J connectivity index is 1.52. The van der Waals surface area contributed by atoms with Gasteiger partial charge in [-0.2, -0.15) is 0 Å². The molecule has 3 aromatic rings. The molecular weight excluding hydrogens is 364 g/mol. The van der Waals surface area contributed by atoms with E-state index in [1.807, 2.05) is 30.3 Å². The average Bonchev–Trinajstić information content (AvgIpc) is 2.68. The number of rotatable bonds is 5. The summed E-state index contributed by atoms with van der Waals surface area (Å²) in [7, 11) is 0. The van der Waals surface area contributed by atoms with Gasteiger partial charge in [-0.05, 0) is 48.0 Å². The zero-order valence-electron chi connectivity index (χ0n) is 14.3. The van der Waals surface area contributed by atoms with Crippen molar-refractivity contribution >= 4 is 34.8 Å². The van der Waals surface area contributed by atoms with E-state index in [-0.39, 0.29) is 0 Å². The molecule has 2 amide bonds. The maximum absolute atomic E-state index is 12.0. The third kappa shape index (κ3) is 5.59. The summed E-state index contributed by atoms with van der Waals surface area (Å²) < 4.78 is 5.69. The number of benzene rings is 3. The van der Waals surface area contributed by atoms with E-state index in [4.69, 9.17) is 16.3 Å². The fourth-order valence-electron chi connectivity index (χ4n) is 2.32. The van der Waals surface area contributed by atoms with Gasteiger partial charge in [-0.15, -0.1) is 0 Å². The summed E-state index contributed by atoms with van der Waals surface area (Å²) in [5.74, 6) is -0.880. The lowest BCUT2D eigenvalue weighted by molar-refractivity contribution is -0.132. The summed E-state index contributed by atoms with van der Waals surface area (Å²) in [5.41, 5.74) is 2.01. The lowest BCUT2D eigenvalue weighted by Crippen LogP contribution is -2.29. The Kier molecular flexibility index (Phi) is 6.07. The molecule has 0 aromatic heterocycles. The Hall–Kier alpha value is -3.31. The van der Waals surface area contributed by atoms with Gasteiger partial charge in [0.05, 0.1) is 0 Å². The predicted molar refractivity (Wildman–Crippen MR) is 106 cm³/mol. The van der Waals surface area contributed by atoms with Crippen LogP contribution in [0.4, 0.5) is 11.4 Å². The molecule has 136 valence electrons. The monoisotopic (exact) mass is 380 g/mol. The molecule has 2 N–H and O–H groups in total. The molecule has 6 heteroatoms. The quantitative estimate of drug-likeness (QED) is 0.640. The summed E-state index contributed by atoms with van der Waals surface area (Å²) in [6.45, 7) is 0.453. The SMILES string of the molecule is O=C(Nc1ccc(OCc2ccccc2)cc1)C(=O)Nc1cccc(Cl)c1. The van der Waals surface area contributed by atoms with Gasteiger partial charge in [-0.3, -0.25) is 9.59 Å². The molecule has 0 aliphatic carbocycles. The summed E-state index contributed by atoms with van der Waals surface area (Å²) in [6.07, 6.45) is 0. The van der Waals surface area contributed by atoms with Crippen LogP contribution in [0.3, 0.4) is 0 Å². The van der Waals surface area contributed by atoms with Crippen molar-refractivity contribution in [1.29, 1.82) is 0 Å². The standard InChI is InChI=1S/C21H17ClN2O3/c22-16-7-4-8-18(13-16)24-21(26)20(25)23-17-9-11-19(12-10-17)27-14-15-5-2-1-3-6-15/h1-13H,14H2,(H,23,25)(H,24,26). The molecular formula is C21H17ClN2O3. The van der Waals surface area contributed by atoms with E-state index >= 15 is 0 Å². The maximum Gasteiger partial charge on any atom is 0.314 e. The highest BCUT2D eigenvalue weighted by Crippen LogP contribution is 2.18. The van der Waals surface area contributed by atoms with E-state index in [2.05, 4.69) is 10.6 Å². The minimum Gasteiger partial charge on any atom is -0.489 e. The number of nitrogens with one attached hydrogen (secondary N) is 2. The normalized spacial score (nSPS) is 10.1. The fourth-order valence-corrected chi connectivity index (χ4v) is 2.51. The molecule has 5 nitrogen and oxygen atoms in total. The van der Waals surface area contributed by atoms with Gasteiger partial charge in [0, 0.05) is 16.4 Å². The van der Waals surface area contributed by atoms with Crippen molar-refractivity contribution in [3.8, 4) is 5.75 Å².